The van der Waals surface area contributed by atoms with Gasteiger partial charge in [0.25, 0.3) is 0 Å². The Hall–Kier alpha value is -2.99. The monoisotopic (exact) mass is 417 g/mol. The first-order chi connectivity index (χ1) is 14.8. The molecule has 2 aromatic rings. The van der Waals surface area contributed by atoms with Crippen LogP contribution in [0.15, 0.2) is 75.5 Å². The van der Waals surface area contributed by atoms with Crippen molar-refractivity contribution in [3.05, 3.63) is 76.5 Å². The zero-order valence-corrected chi connectivity index (χ0v) is 17.9. The molecule has 5 rings (SSSR count). The Morgan fingerprint density at radius 2 is 1.67 bits per heavy atom. The number of methoxy groups -OCH3 is 2. The molecule has 0 aromatic heterocycles. The molecule has 6 heteroatoms. The van der Waals surface area contributed by atoms with E-state index in [1.165, 1.54) is 22.3 Å². The van der Waals surface area contributed by atoms with Crippen LogP contribution in [0.25, 0.3) is 6.08 Å². The van der Waals surface area contributed by atoms with Gasteiger partial charge in [-0.25, -0.2) is 10.0 Å². The lowest BCUT2D eigenvalue weighted by Crippen LogP contribution is -2.32. The van der Waals surface area contributed by atoms with E-state index in [0.717, 1.165) is 41.6 Å². The van der Waals surface area contributed by atoms with Gasteiger partial charge in [-0.05, 0) is 83.6 Å². The minimum Gasteiger partial charge on any atom is -0.497 e. The van der Waals surface area contributed by atoms with E-state index in [2.05, 4.69) is 40.5 Å². The first-order valence-corrected chi connectivity index (χ1v) is 10.9. The molecule has 5 nitrogen and oxygen atoms in total. The summed E-state index contributed by atoms with van der Waals surface area (Å²) in [5.41, 5.74) is 8.01. The smallest absolute Gasteiger partial charge is 0.191 e. The summed E-state index contributed by atoms with van der Waals surface area (Å²) in [6.45, 7) is 0. The average Bonchev–Trinajstić information content (AvgIpc) is 3.27. The Morgan fingerprint density at radius 3 is 2.37 bits per heavy atom. The number of hydrazone groups is 1. The van der Waals surface area contributed by atoms with Gasteiger partial charge in [0.2, 0.25) is 0 Å². The number of hydrogen-bond acceptors (Lipinski definition) is 6. The van der Waals surface area contributed by atoms with Crippen molar-refractivity contribution in [1.29, 1.82) is 0 Å². The topological polar surface area (TPSA) is 46.4 Å². The van der Waals surface area contributed by atoms with E-state index >= 15 is 0 Å². The molecule has 0 fully saturated rings. The van der Waals surface area contributed by atoms with Gasteiger partial charge in [-0.2, -0.15) is 5.10 Å². The molecule has 0 N–H and O–H groups in total. The van der Waals surface area contributed by atoms with E-state index in [0.29, 0.717) is 0 Å². The van der Waals surface area contributed by atoms with Gasteiger partial charge in [0.15, 0.2) is 5.17 Å². The number of rotatable bonds is 4. The Bertz CT molecular complexity index is 1070. The van der Waals surface area contributed by atoms with Gasteiger partial charge in [0.05, 0.1) is 25.5 Å². The molecule has 3 aliphatic rings. The van der Waals surface area contributed by atoms with Gasteiger partial charge in [0.1, 0.15) is 17.5 Å². The predicted octanol–water partition coefficient (Wildman–Crippen LogP) is 5.63. The lowest BCUT2D eigenvalue weighted by molar-refractivity contribution is 0.360. The van der Waals surface area contributed by atoms with Gasteiger partial charge >= 0.3 is 0 Å². The van der Waals surface area contributed by atoms with Crippen molar-refractivity contribution in [2.75, 3.05) is 14.2 Å². The number of ether oxygens (including phenoxy) is 2. The van der Waals surface area contributed by atoms with Crippen molar-refractivity contribution in [1.82, 2.24) is 5.01 Å². The molecule has 0 saturated carbocycles. The molecule has 2 aliphatic heterocycles. The van der Waals surface area contributed by atoms with E-state index in [1.54, 1.807) is 26.0 Å². The highest BCUT2D eigenvalue weighted by Gasteiger charge is 2.37. The summed E-state index contributed by atoms with van der Waals surface area (Å²) in [5, 5.41) is 7.62. The quantitative estimate of drug-likeness (QED) is 0.647. The summed E-state index contributed by atoms with van der Waals surface area (Å²) >= 11 is 1.58. The van der Waals surface area contributed by atoms with E-state index in [9.17, 15) is 0 Å². The zero-order chi connectivity index (χ0) is 20.5. The van der Waals surface area contributed by atoms with Gasteiger partial charge in [-0.1, -0.05) is 24.3 Å². The molecule has 0 bridgehead atoms. The first-order valence-electron chi connectivity index (χ1n) is 10.1. The lowest BCUT2D eigenvalue weighted by Gasteiger charge is -2.36. The van der Waals surface area contributed by atoms with Crippen LogP contribution in [0.2, 0.25) is 0 Å². The van der Waals surface area contributed by atoms with Crippen LogP contribution in [0.3, 0.4) is 0 Å². The highest BCUT2D eigenvalue weighted by molar-refractivity contribution is 8.25. The molecule has 0 radical (unpaired) electrons. The van der Waals surface area contributed by atoms with Crippen molar-refractivity contribution in [2.24, 2.45) is 10.1 Å². The summed E-state index contributed by atoms with van der Waals surface area (Å²) in [7, 11) is 3.38. The SMILES string of the molecule is COc1ccc(/C=C2\CCCC3=C2N=C2SC=NN2C3c2ccc(OC)cc2)cc1. The van der Waals surface area contributed by atoms with Gasteiger partial charge < -0.3 is 9.47 Å². The van der Waals surface area contributed by atoms with Crippen molar-refractivity contribution in [3.8, 4) is 11.5 Å². The van der Waals surface area contributed by atoms with Crippen molar-refractivity contribution >= 4 is 28.6 Å². The number of amidine groups is 1. The van der Waals surface area contributed by atoms with Crippen LogP contribution in [0.5, 0.6) is 11.5 Å². The maximum Gasteiger partial charge on any atom is 0.191 e. The van der Waals surface area contributed by atoms with Crippen LogP contribution in [0.1, 0.15) is 36.4 Å². The fourth-order valence-electron chi connectivity index (χ4n) is 4.22. The maximum atomic E-state index is 5.35. The highest BCUT2D eigenvalue weighted by Crippen LogP contribution is 2.46. The predicted molar refractivity (Wildman–Crippen MR) is 123 cm³/mol. The second-order valence-electron chi connectivity index (χ2n) is 7.42. The van der Waals surface area contributed by atoms with Crippen LogP contribution in [0.4, 0.5) is 0 Å². The summed E-state index contributed by atoms with van der Waals surface area (Å²) < 4.78 is 10.6. The number of nitrogens with zero attached hydrogens (tertiary/aromatic N) is 3. The van der Waals surface area contributed by atoms with Crippen LogP contribution in [-0.4, -0.2) is 29.9 Å². The standard InChI is InChI=1S/C24H23N3O2S/c1-28-19-10-6-16(7-11-19)14-18-4-3-5-21-22(18)26-24-27(25-15-30-24)23(21)17-8-12-20(29-2)13-9-17/h6-15,23H,3-5H2,1-2H3/b18-14+. The minimum atomic E-state index is 0.0734. The van der Waals surface area contributed by atoms with Gasteiger partial charge in [0, 0.05) is 0 Å². The summed E-state index contributed by atoms with van der Waals surface area (Å²) in [6, 6.07) is 16.6. The molecule has 30 heavy (non-hydrogen) atoms. The molecular formula is C24H23N3O2S. The van der Waals surface area contributed by atoms with E-state index in [4.69, 9.17) is 14.5 Å². The van der Waals surface area contributed by atoms with Crippen molar-refractivity contribution < 1.29 is 9.47 Å². The molecule has 2 heterocycles. The van der Waals surface area contributed by atoms with Crippen LogP contribution >= 0.6 is 11.8 Å². The second-order valence-corrected chi connectivity index (χ2v) is 8.24. The maximum absolute atomic E-state index is 5.35. The average molecular weight is 418 g/mol. The first kappa shape index (κ1) is 19.0. The normalized spacial score (nSPS) is 21.4. The van der Waals surface area contributed by atoms with Gasteiger partial charge in [-0.15, -0.1) is 0 Å². The Labute approximate surface area is 180 Å². The van der Waals surface area contributed by atoms with Crippen LogP contribution in [0, 0.1) is 0 Å². The summed E-state index contributed by atoms with van der Waals surface area (Å²) in [5.74, 6) is 1.73. The van der Waals surface area contributed by atoms with Crippen molar-refractivity contribution in [3.63, 3.8) is 0 Å². The third-order valence-electron chi connectivity index (χ3n) is 5.70. The number of allylic oxidation sites excluding steroid dienone is 1. The molecule has 0 amide bonds. The number of aliphatic imine (C=N–C) groups is 1. The fourth-order valence-corrected chi connectivity index (χ4v) is 4.86. The molecule has 1 unspecified atom stereocenters. The van der Waals surface area contributed by atoms with E-state index in [-0.39, 0.29) is 6.04 Å². The third kappa shape index (κ3) is 3.41. The third-order valence-corrected chi connectivity index (χ3v) is 6.39. The zero-order valence-electron chi connectivity index (χ0n) is 17.0. The van der Waals surface area contributed by atoms with E-state index < -0.39 is 0 Å². The number of hydrogen-bond donors (Lipinski definition) is 0. The lowest BCUT2D eigenvalue weighted by atomic mass is 9.83. The molecule has 0 saturated heterocycles. The second kappa shape index (κ2) is 8.03. The van der Waals surface area contributed by atoms with Crippen molar-refractivity contribution in [2.45, 2.75) is 25.3 Å². The molecule has 152 valence electrons. The number of thioether (sulfide) groups is 1. The number of benzene rings is 2. The minimum absolute atomic E-state index is 0.0734. The van der Waals surface area contributed by atoms with Crippen LogP contribution in [-0.2, 0) is 0 Å². The summed E-state index contributed by atoms with van der Waals surface area (Å²) in [4.78, 5) is 5.03. The molecule has 1 aliphatic carbocycles. The Kier molecular flexibility index (Phi) is 5.09. The van der Waals surface area contributed by atoms with E-state index in [1.807, 2.05) is 29.8 Å². The highest BCUT2D eigenvalue weighted by atomic mass is 32.2. The Balaban J connectivity index is 1.57. The van der Waals surface area contributed by atoms with Crippen LogP contribution < -0.4 is 9.47 Å². The largest absolute Gasteiger partial charge is 0.497 e. The summed E-state index contributed by atoms with van der Waals surface area (Å²) in [6.07, 6.45) is 5.43. The number of fused-ring (bicyclic) bond motifs is 1. The molecule has 1 atom stereocenters. The molecule has 0 spiro atoms. The van der Waals surface area contributed by atoms with Gasteiger partial charge in [-0.3, -0.25) is 0 Å². The Morgan fingerprint density at radius 1 is 0.967 bits per heavy atom. The molecule has 2 aromatic carbocycles. The fraction of sp³-hybridized carbons (Fsp3) is 0.250. The molecular weight excluding hydrogens is 394 g/mol.